The van der Waals surface area contributed by atoms with Crippen LogP contribution in [0.1, 0.15) is 47.2 Å². The van der Waals surface area contributed by atoms with Crippen LogP contribution in [-0.2, 0) is 14.3 Å². The number of nitrogens with zero attached hydrogens (tertiary/aromatic N) is 2. The molecule has 20 heteroatoms. The molecule has 0 saturated carbocycles. The number of benzene rings is 2. The van der Waals surface area contributed by atoms with Gasteiger partial charge in [-0.05, 0) is 56.0 Å². The molecular weight excluding hydrogens is 688 g/mol. The van der Waals surface area contributed by atoms with Crippen molar-refractivity contribution in [2.24, 2.45) is 5.73 Å². The lowest BCUT2D eigenvalue weighted by atomic mass is 10.1. The summed E-state index contributed by atoms with van der Waals surface area (Å²) >= 11 is 0. The van der Waals surface area contributed by atoms with Crippen LogP contribution in [0, 0.1) is 10.8 Å². The van der Waals surface area contributed by atoms with Crippen molar-refractivity contribution >= 4 is 35.7 Å². The van der Waals surface area contributed by atoms with E-state index in [1.165, 1.54) is 12.1 Å². The number of nitrogen functional groups attached to an aromatic ring is 1. The number of amidine groups is 2. The van der Waals surface area contributed by atoms with Gasteiger partial charge in [0, 0.05) is 37.3 Å². The van der Waals surface area contributed by atoms with E-state index in [1.807, 2.05) is 4.90 Å². The average Bonchev–Trinajstić information content (AvgIpc) is 3.79. The number of rotatable bonds is 8. The lowest BCUT2D eigenvalue weighted by molar-refractivity contribution is -0.193. The molecular formula is C30H33F6N5O9. The molecule has 2 aliphatic heterocycles. The van der Waals surface area contributed by atoms with Gasteiger partial charge in [0.15, 0.2) is 11.5 Å². The third-order valence-electron chi connectivity index (χ3n) is 6.69. The molecule has 14 nitrogen and oxygen atoms in total. The van der Waals surface area contributed by atoms with Gasteiger partial charge in [-0.1, -0.05) is 12.1 Å². The van der Waals surface area contributed by atoms with Gasteiger partial charge >= 0.3 is 36.4 Å². The number of hydrogen-bond acceptors (Lipinski definition) is 9. The minimum absolute atomic E-state index is 0.0129. The summed E-state index contributed by atoms with van der Waals surface area (Å²) in [6, 6.07) is 11.4. The number of carbonyl (C=O) groups is 4. The monoisotopic (exact) mass is 721 g/mol. The number of halogens is 6. The van der Waals surface area contributed by atoms with Gasteiger partial charge in [0.05, 0.1) is 5.56 Å². The number of aliphatic carboxylic acids is 2. The van der Waals surface area contributed by atoms with Crippen LogP contribution in [-0.4, -0.2) is 107 Å². The van der Waals surface area contributed by atoms with Crippen molar-refractivity contribution in [3.63, 3.8) is 0 Å². The zero-order valence-electron chi connectivity index (χ0n) is 26.1. The maximum Gasteiger partial charge on any atom is 0.490 e. The van der Waals surface area contributed by atoms with Gasteiger partial charge in [0.1, 0.15) is 24.9 Å². The quantitative estimate of drug-likeness (QED) is 0.0841. The van der Waals surface area contributed by atoms with Crippen molar-refractivity contribution < 1.29 is 69.9 Å². The van der Waals surface area contributed by atoms with E-state index >= 15 is 0 Å². The first-order valence-electron chi connectivity index (χ1n) is 14.6. The van der Waals surface area contributed by atoms with Crippen LogP contribution in [0.15, 0.2) is 42.5 Å². The molecule has 6 N–H and O–H groups in total. The molecule has 1 amide bonds. The molecule has 0 aromatic heterocycles. The van der Waals surface area contributed by atoms with Crippen LogP contribution in [0.3, 0.4) is 0 Å². The summed E-state index contributed by atoms with van der Waals surface area (Å²) in [6.07, 6.45) is -6.55. The van der Waals surface area contributed by atoms with E-state index in [0.717, 1.165) is 44.3 Å². The average molecular weight is 722 g/mol. The van der Waals surface area contributed by atoms with Crippen molar-refractivity contribution in [1.29, 1.82) is 10.8 Å². The molecule has 2 saturated heterocycles. The van der Waals surface area contributed by atoms with E-state index < -0.39 is 36.4 Å². The summed E-state index contributed by atoms with van der Waals surface area (Å²) in [7, 11) is 0. The fourth-order valence-corrected chi connectivity index (χ4v) is 4.19. The largest absolute Gasteiger partial charge is 0.490 e. The van der Waals surface area contributed by atoms with E-state index in [1.54, 1.807) is 35.2 Å². The second kappa shape index (κ2) is 18.3. The summed E-state index contributed by atoms with van der Waals surface area (Å²) in [4.78, 5) is 46.3. The molecule has 0 radical (unpaired) electrons. The second-order valence-electron chi connectivity index (χ2n) is 10.3. The molecule has 0 atom stereocenters. The fourth-order valence-electron chi connectivity index (χ4n) is 4.19. The van der Waals surface area contributed by atoms with E-state index in [4.69, 9.17) is 50.6 Å². The maximum atomic E-state index is 12.4. The van der Waals surface area contributed by atoms with Crippen molar-refractivity contribution in [3.8, 4) is 11.5 Å². The van der Waals surface area contributed by atoms with Crippen LogP contribution in [0.5, 0.6) is 11.5 Å². The Bertz CT molecular complexity index is 1500. The molecule has 2 aromatic carbocycles. The molecule has 2 heterocycles. The predicted octanol–water partition coefficient (Wildman–Crippen LogP) is 4.49. The Hall–Kier alpha value is -5.56. The number of carboxylic acid groups (broad SMARTS) is 2. The minimum Gasteiger partial charge on any atom is -0.486 e. The number of amides is 1. The number of nitrogens with two attached hydrogens (primary N) is 1. The molecule has 4 rings (SSSR count). The van der Waals surface area contributed by atoms with Crippen molar-refractivity contribution in [2.45, 2.75) is 38.0 Å². The number of esters is 1. The first kappa shape index (κ1) is 40.6. The van der Waals surface area contributed by atoms with E-state index in [9.17, 15) is 35.9 Å². The summed E-state index contributed by atoms with van der Waals surface area (Å²) in [5.41, 5.74) is 7.15. The van der Waals surface area contributed by atoms with E-state index in [-0.39, 0.29) is 30.5 Å². The Morgan fingerprint density at radius 1 is 0.700 bits per heavy atom. The third-order valence-corrected chi connectivity index (χ3v) is 6.69. The SMILES string of the molecule is N=C(N)c1ccc(OC(=O)N2CCCC2)c(OCCOC(=O)c2ccc(C(=N)N3CCCC3)cc2)c1.O=C(O)C(F)(F)F.O=C(O)C(F)(F)F. The summed E-state index contributed by atoms with van der Waals surface area (Å²) < 4.78 is 80.0. The number of hydrogen-bond donors (Lipinski definition) is 5. The first-order chi connectivity index (χ1) is 23.3. The standard InChI is InChI=1S/C26H31N5O5.2C2HF3O2/c27-23(28)20-9-10-21(36-26(33)31-13-3-4-14-31)22(17-20)34-15-16-35-25(32)19-7-5-18(6-8-19)24(29)30-11-1-2-12-30;2*3-2(4,5)1(6)7/h5-10,17,29H,1-4,11-16H2,(H3,27,28);2*(H,6,7). The normalized spacial score (nSPS) is 14.0. The number of nitrogens with one attached hydrogen (secondary N) is 2. The zero-order chi connectivity index (χ0) is 37.6. The lowest BCUT2D eigenvalue weighted by Crippen LogP contribution is -2.30. The summed E-state index contributed by atoms with van der Waals surface area (Å²) in [6.45, 7) is 3.05. The predicted molar refractivity (Wildman–Crippen MR) is 162 cm³/mol. The second-order valence-corrected chi connectivity index (χ2v) is 10.3. The van der Waals surface area contributed by atoms with Crippen molar-refractivity contribution in [1.82, 2.24) is 9.80 Å². The highest BCUT2D eigenvalue weighted by Gasteiger charge is 2.39. The van der Waals surface area contributed by atoms with Crippen molar-refractivity contribution in [3.05, 3.63) is 59.2 Å². The maximum absolute atomic E-state index is 12.4. The van der Waals surface area contributed by atoms with E-state index in [2.05, 4.69) is 0 Å². The van der Waals surface area contributed by atoms with Crippen LogP contribution in [0.2, 0.25) is 0 Å². The highest BCUT2D eigenvalue weighted by molar-refractivity contribution is 5.98. The Morgan fingerprint density at radius 3 is 1.60 bits per heavy atom. The topological polar surface area (TPSA) is 217 Å². The highest BCUT2D eigenvalue weighted by atomic mass is 19.4. The van der Waals surface area contributed by atoms with Gasteiger partial charge in [-0.15, -0.1) is 0 Å². The van der Waals surface area contributed by atoms with Gasteiger partial charge in [-0.2, -0.15) is 26.3 Å². The Labute approximate surface area is 280 Å². The third kappa shape index (κ3) is 13.2. The molecule has 0 spiro atoms. The van der Waals surface area contributed by atoms with E-state index in [0.29, 0.717) is 30.1 Å². The molecule has 50 heavy (non-hydrogen) atoms. The molecule has 2 aromatic rings. The van der Waals surface area contributed by atoms with Gasteiger partial charge in [-0.25, -0.2) is 19.2 Å². The molecule has 2 fully saturated rings. The fraction of sp³-hybridized carbons (Fsp3) is 0.400. The van der Waals surface area contributed by atoms with Crippen LogP contribution >= 0.6 is 0 Å². The van der Waals surface area contributed by atoms with Gasteiger partial charge in [0.2, 0.25) is 0 Å². The minimum atomic E-state index is -5.08. The van der Waals surface area contributed by atoms with Crippen LogP contribution < -0.4 is 15.2 Å². The van der Waals surface area contributed by atoms with Crippen LogP contribution in [0.4, 0.5) is 31.1 Å². The molecule has 0 unspecified atom stereocenters. The molecule has 0 aliphatic carbocycles. The Balaban J connectivity index is 0.000000521. The first-order valence-corrected chi connectivity index (χ1v) is 14.6. The molecule has 2 aliphatic rings. The van der Waals surface area contributed by atoms with Crippen molar-refractivity contribution in [2.75, 3.05) is 39.4 Å². The Morgan fingerprint density at radius 2 is 1.14 bits per heavy atom. The number of likely N-dealkylation sites (tertiary alicyclic amines) is 2. The van der Waals surface area contributed by atoms with Crippen LogP contribution in [0.25, 0.3) is 0 Å². The number of ether oxygens (including phenoxy) is 3. The number of alkyl halides is 6. The smallest absolute Gasteiger partial charge is 0.486 e. The Kier molecular flexibility index (Phi) is 14.8. The number of carboxylic acids is 2. The number of carbonyl (C=O) groups excluding carboxylic acids is 2. The molecule has 0 bridgehead atoms. The summed E-state index contributed by atoms with van der Waals surface area (Å²) in [5.74, 6) is -5.26. The summed E-state index contributed by atoms with van der Waals surface area (Å²) in [5, 5.41) is 30.2. The highest BCUT2D eigenvalue weighted by Crippen LogP contribution is 2.29. The molecule has 274 valence electrons. The van der Waals surface area contributed by atoms with Gasteiger partial charge < -0.3 is 40.0 Å². The van der Waals surface area contributed by atoms with Gasteiger partial charge in [-0.3, -0.25) is 10.8 Å². The van der Waals surface area contributed by atoms with Gasteiger partial charge in [0.25, 0.3) is 0 Å². The zero-order valence-corrected chi connectivity index (χ0v) is 26.1. The lowest BCUT2D eigenvalue weighted by Gasteiger charge is -2.18.